The van der Waals surface area contributed by atoms with Gasteiger partial charge in [-0.2, -0.15) is 0 Å². The number of hydrogen-bond acceptors (Lipinski definition) is 4. The maximum absolute atomic E-state index is 6.31. The fourth-order valence-corrected chi connectivity index (χ4v) is 2.52. The van der Waals surface area contributed by atoms with Crippen molar-refractivity contribution in [2.24, 2.45) is 0 Å². The highest BCUT2D eigenvalue weighted by atomic mass is 35.5. The summed E-state index contributed by atoms with van der Waals surface area (Å²) in [5.41, 5.74) is 1.12. The zero-order chi connectivity index (χ0) is 15.2. The minimum atomic E-state index is 0.252. The molecule has 0 aliphatic heterocycles. The van der Waals surface area contributed by atoms with Crippen molar-refractivity contribution in [3.63, 3.8) is 0 Å². The third kappa shape index (κ3) is 4.77. The molecule has 0 bridgehead atoms. The Balaban J connectivity index is 2.09. The average molecular weight is 314 g/mol. The third-order valence-corrected chi connectivity index (χ3v) is 3.83. The van der Waals surface area contributed by atoms with E-state index < -0.39 is 0 Å². The second-order valence-electron chi connectivity index (χ2n) is 5.39. The van der Waals surface area contributed by atoms with Gasteiger partial charge in [0, 0.05) is 32.2 Å². The molecular weight excluding hydrogens is 290 g/mol. The van der Waals surface area contributed by atoms with Gasteiger partial charge in [0.25, 0.3) is 0 Å². The molecular formula is C16H24ClNO3. The molecule has 1 atom stereocenters. The first kappa shape index (κ1) is 16.4. The zero-order valence-electron chi connectivity index (χ0n) is 12.9. The number of rotatable bonds is 9. The molecule has 0 aromatic heterocycles. The van der Waals surface area contributed by atoms with E-state index in [2.05, 4.69) is 12.2 Å². The molecule has 2 rings (SSSR count). The van der Waals surface area contributed by atoms with Gasteiger partial charge in [-0.15, -0.1) is 0 Å². The van der Waals surface area contributed by atoms with Gasteiger partial charge in [0.15, 0.2) is 11.5 Å². The lowest BCUT2D eigenvalue weighted by molar-refractivity contribution is 0.170. The van der Waals surface area contributed by atoms with E-state index in [9.17, 15) is 0 Å². The molecule has 1 saturated carbocycles. The van der Waals surface area contributed by atoms with E-state index in [1.165, 1.54) is 12.8 Å². The van der Waals surface area contributed by atoms with Crippen molar-refractivity contribution in [3.8, 4) is 11.5 Å². The Morgan fingerprint density at radius 3 is 2.67 bits per heavy atom. The van der Waals surface area contributed by atoms with Gasteiger partial charge >= 0.3 is 0 Å². The van der Waals surface area contributed by atoms with Crippen molar-refractivity contribution >= 4 is 11.6 Å². The molecule has 5 heteroatoms. The van der Waals surface area contributed by atoms with Crippen molar-refractivity contribution in [2.45, 2.75) is 38.3 Å². The van der Waals surface area contributed by atoms with Crippen LogP contribution in [0.2, 0.25) is 5.02 Å². The molecule has 1 aromatic carbocycles. The summed E-state index contributed by atoms with van der Waals surface area (Å²) in [7, 11) is 3.29. The number of nitrogens with one attached hydrogen (secondary N) is 1. The monoisotopic (exact) mass is 313 g/mol. The van der Waals surface area contributed by atoms with Crippen LogP contribution in [-0.2, 0) is 4.74 Å². The predicted octanol–water partition coefficient (Wildman–Crippen LogP) is 3.58. The SMILES string of the molecule is COCCCOc1cc(C(C)NC2CC2)cc(Cl)c1OC. The Labute approximate surface area is 131 Å². The molecule has 1 aromatic rings. The molecule has 1 aliphatic rings. The Morgan fingerprint density at radius 2 is 2.05 bits per heavy atom. The number of halogens is 1. The van der Waals surface area contributed by atoms with E-state index >= 15 is 0 Å². The fourth-order valence-electron chi connectivity index (χ4n) is 2.23. The Bertz CT molecular complexity index is 463. The molecule has 1 aliphatic carbocycles. The molecule has 1 N–H and O–H groups in total. The van der Waals surface area contributed by atoms with Crippen LogP contribution in [0.25, 0.3) is 0 Å². The van der Waals surface area contributed by atoms with Crippen LogP contribution in [0.5, 0.6) is 11.5 Å². The third-order valence-electron chi connectivity index (χ3n) is 3.55. The highest BCUT2D eigenvalue weighted by Crippen LogP contribution is 2.38. The number of hydrogen-bond donors (Lipinski definition) is 1. The van der Waals surface area contributed by atoms with Crippen LogP contribution < -0.4 is 14.8 Å². The van der Waals surface area contributed by atoms with E-state index in [4.69, 9.17) is 25.8 Å². The molecule has 1 unspecified atom stereocenters. The Morgan fingerprint density at radius 1 is 1.29 bits per heavy atom. The molecule has 21 heavy (non-hydrogen) atoms. The van der Waals surface area contributed by atoms with Gasteiger partial charge in [0.05, 0.1) is 18.7 Å². The van der Waals surface area contributed by atoms with Crippen molar-refractivity contribution in [1.82, 2.24) is 5.32 Å². The maximum Gasteiger partial charge on any atom is 0.179 e. The van der Waals surface area contributed by atoms with Crippen LogP contribution in [0.1, 0.15) is 37.8 Å². The van der Waals surface area contributed by atoms with E-state index in [-0.39, 0.29) is 6.04 Å². The van der Waals surface area contributed by atoms with Gasteiger partial charge < -0.3 is 19.5 Å². The number of methoxy groups -OCH3 is 2. The predicted molar refractivity (Wildman–Crippen MR) is 84.6 cm³/mol. The van der Waals surface area contributed by atoms with Gasteiger partial charge in [-0.25, -0.2) is 0 Å². The fraction of sp³-hybridized carbons (Fsp3) is 0.625. The standard InChI is InChI=1S/C16H24ClNO3/c1-11(18-13-5-6-13)12-9-14(17)16(20-3)15(10-12)21-8-4-7-19-2/h9-11,13,18H,4-8H2,1-3H3. The Kier molecular flexibility index (Phi) is 6.15. The second-order valence-corrected chi connectivity index (χ2v) is 5.80. The summed E-state index contributed by atoms with van der Waals surface area (Å²) in [6.07, 6.45) is 3.35. The minimum absolute atomic E-state index is 0.252. The summed E-state index contributed by atoms with van der Waals surface area (Å²) < 4.78 is 16.2. The van der Waals surface area contributed by atoms with Gasteiger partial charge in [0.2, 0.25) is 0 Å². The molecule has 0 heterocycles. The summed E-state index contributed by atoms with van der Waals surface area (Å²) in [6.45, 7) is 3.40. The summed E-state index contributed by atoms with van der Waals surface area (Å²) in [5.74, 6) is 1.29. The van der Waals surface area contributed by atoms with Crippen LogP contribution >= 0.6 is 11.6 Å². The van der Waals surface area contributed by atoms with Crippen molar-refractivity contribution < 1.29 is 14.2 Å². The summed E-state index contributed by atoms with van der Waals surface area (Å²) in [4.78, 5) is 0. The van der Waals surface area contributed by atoms with Crippen LogP contribution in [-0.4, -0.2) is 33.5 Å². The number of benzene rings is 1. The van der Waals surface area contributed by atoms with Crippen molar-refractivity contribution in [1.29, 1.82) is 0 Å². The van der Waals surface area contributed by atoms with Gasteiger partial charge in [-0.05, 0) is 37.5 Å². The van der Waals surface area contributed by atoms with Gasteiger partial charge in [-0.3, -0.25) is 0 Å². The summed E-state index contributed by atoms with van der Waals surface area (Å²) >= 11 is 6.31. The lowest BCUT2D eigenvalue weighted by atomic mass is 10.1. The normalized spacial score (nSPS) is 15.8. The molecule has 0 spiro atoms. The van der Waals surface area contributed by atoms with E-state index in [1.807, 2.05) is 12.1 Å². The molecule has 0 radical (unpaired) electrons. The minimum Gasteiger partial charge on any atom is -0.491 e. The van der Waals surface area contributed by atoms with Crippen LogP contribution in [0.3, 0.4) is 0 Å². The van der Waals surface area contributed by atoms with Crippen molar-refractivity contribution in [2.75, 3.05) is 27.4 Å². The second kappa shape index (κ2) is 7.87. The Hall–Kier alpha value is -0.970. The molecule has 0 amide bonds. The molecule has 118 valence electrons. The van der Waals surface area contributed by atoms with Gasteiger partial charge in [-0.1, -0.05) is 11.6 Å². The van der Waals surface area contributed by atoms with E-state index in [0.29, 0.717) is 35.8 Å². The highest BCUT2D eigenvalue weighted by Gasteiger charge is 2.24. The molecule has 4 nitrogen and oxygen atoms in total. The first-order chi connectivity index (χ1) is 10.2. The largest absolute Gasteiger partial charge is 0.491 e. The van der Waals surface area contributed by atoms with Crippen molar-refractivity contribution in [3.05, 3.63) is 22.7 Å². The van der Waals surface area contributed by atoms with Crippen LogP contribution in [0.15, 0.2) is 12.1 Å². The molecule has 1 fully saturated rings. The first-order valence-corrected chi connectivity index (χ1v) is 7.78. The quantitative estimate of drug-likeness (QED) is 0.707. The smallest absolute Gasteiger partial charge is 0.179 e. The molecule has 0 saturated heterocycles. The maximum atomic E-state index is 6.31. The highest BCUT2D eigenvalue weighted by molar-refractivity contribution is 6.32. The van der Waals surface area contributed by atoms with Crippen LogP contribution in [0.4, 0.5) is 0 Å². The average Bonchev–Trinajstić information content (AvgIpc) is 3.27. The topological polar surface area (TPSA) is 39.7 Å². The van der Waals surface area contributed by atoms with E-state index in [1.54, 1.807) is 14.2 Å². The van der Waals surface area contributed by atoms with Gasteiger partial charge in [0.1, 0.15) is 0 Å². The first-order valence-electron chi connectivity index (χ1n) is 7.41. The lowest BCUT2D eigenvalue weighted by Gasteiger charge is -2.18. The lowest BCUT2D eigenvalue weighted by Crippen LogP contribution is -2.20. The van der Waals surface area contributed by atoms with E-state index in [0.717, 1.165) is 12.0 Å². The van der Waals surface area contributed by atoms with Crippen LogP contribution in [0, 0.1) is 0 Å². The zero-order valence-corrected chi connectivity index (χ0v) is 13.7. The number of ether oxygens (including phenoxy) is 3. The summed E-state index contributed by atoms with van der Waals surface area (Å²) in [5, 5.41) is 4.15. The summed E-state index contributed by atoms with van der Waals surface area (Å²) in [6, 6.07) is 4.86.